The van der Waals surface area contributed by atoms with E-state index in [1.54, 1.807) is 27.7 Å². The molecule has 0 heterocycles. The molecule has 1 atom stereocenters. The van der Waals surface area contributed by atoms with Crippen molar-refractivity contribution in [3.05, 3.63) is 34.4 Å². The van der Waals surface area contributed by atoms with E-state index in [1.807, 2.05) is 0 Å². The molecule has 0 bridgehead atoms. The van der Waals surface area contributed by atoms with E-state index in [4.69, 9.17) is 4.74 Å². The van der Waals surface area contributed by atoms with E-state index >= 15 is 0 Å². The molecule has 1 rings (SSSR count). The maximum atomic E-state index is 12.2. The Bertz CT molecular complexity index is 711. The van der Waals surface area contributed by atoms with Crippen LogP contribution in [-0.4, -0.2) is 37.6 Å². The molecular weight excluding hydrogens is 338 g/mol. The van der Waals surface area contributed by atoms with Gasteiger partial charge in [0.2, 0.25) is 10.0 Å². The third-order valence-corrected chi connectivity index (χ3v) is 4.17. The molecule has 0 aromatic heterocycles. The van der Waals surface area contributed by atoms with Gasteiger partial charge in [-0.15, -0.1) is 0 Å². The van der Waals surface area contributed by atoms with Gasteiger partial charge in [0.15, 0.2) is 4.90 Å². The molecular formula is C14H21N3O6S. The Kier molecular flexibility index (Phi) is 6.27. The van der Waals surface area contributed by atoms with Crippen LogP contribution in [0.25, 0.3) is 0 Å². The lowest BCUT2D eigenvalue weighted by Gasteiger charge is -2.22. The lowest BCUT2D eigenvalue weighted by Crippen LogP contribution is -2.43. The van der Waals surface area contributed by atoms with E-state index in [-0.39, 0.29) is 6.54 Å². The van der Waals surface area contributed by atoms with Gasteiger partial charge in [0.1, 0.15) is 5.60 Å². The van der Waals surface area contributed by atoms with Crippen LogP contribution < -0.4 is 10.0 Å². The van der Waals surface area contributed by atoms with Crippen molar-refractivity contribution in [2.24, 2.45) is 0 Å². The van der Waals surface area contributed by atoms with Crippen LogP contribution in [0.4, 0.5) is 10.5 Å². The molecule has 0 aliphatic rings. The highest BCUT2D eigenvalue weighted by Gasteiger charge is 2.25. The molecule has 0 aliphatic carbocycles. The van der Waals surface area contributed by atoms with E-state index in [0.717, 1.165) is 12.1 Å². The average molecular weight is 359 g/mol. The molecule has 1 amide bonds. The molecule has 24 heavy (non-hydrogen) atoms. The summed E-state index contributed by atoms with van der Waals surface area (Å²) >= 11 is 0. The van der Waals surface area contributed by atoms with Crippen molar-refractivity contribution in [3.63, 3.8) is 0 Å². The second kappa shape index (κ2) is 7.58. The Morgan fingerprint density at radius 3 is 2.46 bits per heavy atom. The standard InChI is InChI=1S/C14H21N3O6S/c1-10(16-13(18)23-14(2,3)4)9-15-24(21,22)12-8-6-5-7-11(12)17(19)20/h5-8,10,15H,9H2,1-4H3,(H,16,18)/t10-/m0/s1. The molecule has 0 aliphatic heterocycles. The Morgan fingerprint density at radius 1 is 1.33 bits per heavy atom. The van der Waals surface area contributed by atoms with Gasteiger partial charge >= 0.3 is 6.09 Å². The molecule has 1 aromatic rings. The van der Waals surface area contributed by atoms with E-state index in [2.05, 4.69) is 10.0 Å². The van der Waals surface area contributed by atoms with Crippen molar-refractivity contribution in [1.29, 1.82) is 0 Å². The zero-order chi connectivity index (χ0) is 18.5. The molecule has 10 heteroatoms. The third-order valence-electron chi connectivity index (χ3n) is 2.69. The second-order valence-electron chi connectivity index (χ2n) is 6.12. The van der Waals surface area contributed by atoms with Gasteiger partial charge in [-0.3, -0.25) is 10.1 Å². The number of benzene rings is 1. The van der Waals surface area contributed by atoms with Gasteiger partial charge in [0, 0.05) is 18.7 Å². The first kappa shape index (κ1) is 19.8. The number of sulfonamides is 1. The number of ether oxygens (including phenoxy) is 1. The summed E-state index contributed by atoms with van der Waals surface area (Å²) in [6.45, 7) is 6.54. The quantitative estimate of drug-likeness (QED) is 0.589. The fourth-order valence-corrected chi connectivity index (χ4v) is 3.01. The maximum Gasteiger partial charge on any atom is 0.407 e. The molecule has 0 fully saturated rings. The Hall–Kier alpha value is -2.20. The molecule has 0 unspecified atom stereocenters. The summed E-state index contributed by atoms with van der Waals surface area (Å²) in [4.78, 5) is 21.3. The highest BCUT2D eigenvalue weighted by Crippen LogP contribution is 2.22. The Balaban J connectivity index is 2.73. The minimum absolute atomic E-state index is 0.145. The maximum absolute atomic E-state index is 12.2. The zero-order valence-corrected chi connectivity index (χ0v) is 14.7. The number of carbonyl (C=O) groups is 1. The summed E-state index contributed by atoms with van der Waals surface area (Å²) in [5, 5.41) is 13.4. The van der Waals surface area contributed by atoms with Crippen molar-refractivity contribution >= 4 is 21.8 Å². The van der Waals surface area contributed by atoms with E-state index in [1.165, 1.54) is 12.1 Å². The number of rotatable bonds is 6. The SMILES string of the molecule is C[C@@H](CNS(=O)(=O)c1ccccc1[N+](=O)[O-])NC(=O)OC(C)(C)C. The van der Waals surface area contributed by atoms with Gasteiger partial charge in [0.25, 0.3) is 5.69 Å². The van der Waals surface area contributed by atoms with E-state index < -0.39 is 43.3 Å². The van der Waals surface area contributed by atoms with Crippen molar-refractivity contribution < 1.29 is 22.9 Å². The lowest BCUT2D eigenvalue weighted by molar-refractivity contribution is -0.387. The summed E-state index contributed by atoms with van der Waals surface area (Å²) in [5.41, 5.74) is -1.19. The molecule has 0 radical (unpaired) electrons. The number of nitrogens with one attached hydrogen (secondary N) is 2. The van der Waals surface area contributed by atoms with Crippen LogP contribution >= 0.6 is 0 Å². The fraction of sp³-hybridized carbons (Fsp3) is 0.500. The van der Waals surface area contributed by atoms with E-state index in [9.17, 15) is 23.3 Å². The summed E-state index contributed by atoms with van der Waals surface area (Å²) in [7, 11) is -4.09. The number of hydrogen-bond donors (Lipinski definition) is 2. The number of carbonyl (C=O) groups excluding carboxylic acids is 1. The minimum atomic E-state index is -4.09. The highest BCUT2D eigenvalue weighted by atomic mass is 32.2. The largest absolute Gasteiger partial charge is 0.444 e. The van der Waals surface area contributed by atoms with Crippen LogP contribution in [0.5, 0.6) is 0 Å². The van der Waals surface area contributed by atoms with Crippen LogP contribution in [-0.2, 0) is 14.8 Å². The lowest BCUT2D eigenvalue weighted by atomic mass is 10.2. The fourth-order valence-electron chi connectivity index (χ4n) is 1.71. The number of alkyl carbamates (subject to hydrolysis) is 1. The first-order valence-corrected chi connectivity index (χ1v) is 8.63. The number of hydrogen-bond acceptors (Lipinski definition) is 6. The smallest absolute Gasteiger partial charge is 0.407 e. The topological polar surface area (TPSA) is 128 Å². The second-order valence-corrected chi connectivity index (χ2v) is 7.86. The first-order chi connectivity index (χ1) is 10.9. The molecule has 2 N–H and O–H groups in total. The monoisotopic (exact) mass is 359 g/mol. The summed E-state index contributed by atoms with van der Waals surface area (Å²) in [5.74, 6) is 0. The minimum Gasteiger partial charge on any atom is -0.444 e. The van der Waals surface area contributed by atoms with Crippen LogP contribution in [0.1, 0.15) is 27.7 Å². The number of nitro benzene ring substituents is 1. The van der Waals surface area contributed by atoms with Crippen LogP contribution in [0.2, 0.25) is 0 Å². The molecule has 134 valence electrons. The van der Waals surface area contributed by atoms with Gasteiger partial charge < -0.3 is 10.1 Å². The van der Waals surface area contributed by atoms with Gasteiger partial charge in [-0.05, 0) is 33.8 Å². The number of amides is 1. The molecule has 9 nitrogen and oxygen atoms in total. The average Bonchev–Trinajstić information content (AvgIpc) is 2.43. The van der Waals surface area contributed by atoms with Gasteiger partial charge in [-0.1, -0.05) is 12.1 Å². The molecule has 0 spiro atoms. The van der Waals surface area contributed by atoms with Crippen molar-refractivity contribution in [3.8, 4) is 0 Å². The van der Waals surface area contributed by atoms with Gasteiger partial charge in [-0.2, -0.15) is 0 Å². The first-order valence-electron chi connectivity index (χ1n) is 7.15. The molecule has 0 saturated carbocycles. The normalized spacial score (nSPS) is 13.2. The predicted molar refractivity (Wildman–Crippen MR) is 87.1 cm³/mol. The predicted octanol–water partition coefficient (Wildman–Crippen LogP) is 1.79. The summed E-state index contributed by atoms with van der Waals surface area (Å²) < 4.78 is 31.7. The van der Waals surface area contributed by atoms with Crippen molar-refractivity contribution in [1.82, 2.24) is 10.0 Å². The highest BCUT2D eigenvalue weighted by molar-refractivity contribution is 7.89. The Morgan fingerprint density at radius 2 is 1.92 bits per heavy atom. The van der Waals surface area contributed by atoms with Gasteiger partial charge in [0.05, 0.1) is 4.92 Å². The summed E-state index contributed by atoms with van der Waals surface area (Å²) in [6.07, 6.45) is -0.681. The summed E-state index contributed by atoms with van der Waals surface area (Å²) in [6, 6.07) is 4.45. The van der Waals surface area contributed by atoms with Crippen LogP contribution in [0, 0.1) is 10.1 Å². The Labute approximate surface area is 140 Å². The number of para-hydroxylation sites is 1. The number of nitro groups is 1. The zero-order valence-electron chi connectivity index (χ0n) is 13.9. The van der Waals surface area contributed by atoms with Crippen molar-refractivity contribution in [2.45, 2.75) is 44.2 Å². The van der Waals surface area contributed by atoms with Crippen molar-refractivity contribution in [2.75, 3.05) is 6.54 Å². The molecule has 0 saturated heterocycles. The number of nitrogens with zero attached hydrogens (tertiary/aromatic N) is 1. The van der Waals surface area contributed by atoms with E-state index in [0.29, 0.717) is 0 Å². The molecule has 1 aromatic carbocycles. The third kappa shape index (κ3) is 6.13. The van der Waals surface area contributed by atoms with Crippen LogP contribution in [0.15, 0.2) is 29.2 Å². The van der Waals surface area contributed by atoms with Gasteiger partial charge in [-0.25, -0.2) is 17.9 Å². The van der Waals surface area contributed by atoms with Crippen LogP contribution in [0.3, 0.4) is 0 Å².